The summed E-state index contributed by atoms with van der Waals surface area (Å²) >= 11 is 0. The largest absolute Gasteiger partial charge is 0.292 e. The van der Waals surface area contributed by atoms with Crippen molar-refractivity contribution in [2.24, 2.45) is 0 Å². The quantitative estimate of drug-likeness (QED) is 0.497. The van der Waals surface area contributed by atoms with Gasteiger partial charge in [0.05, 0.1) is 16.7 Å². The molecule has 0 atom stereocenters. The van der Waals surface area contributed by atoms with Crippen molar-refractivity contribution in [1.82, 2.24) is 14.6 Å². The number of hydrogen-bond acceptors (Lipinski definition) is 3. The van der Waals surface area contributed by atoms with Gasteiger partial charge in [-0.05, 0) is 35.7 Å². The molecule has 0 radical (unpaired) electrons. The van der Waals surface area contributed by atoms with E-state index in [1.807, 2.05) is 53.2 Å². The van der Waals surface area contributed by atoms with E-state index in [2.05, 4.69) is 46.8 Å². The van der Waals surface area contributed by atoms with Crippen LogP contribution in [0.2, 0.25) is 0 Å². The zero-order valence-electron chi connectivity index (χ0n) is 14.0. The highest BCUT2D eigenvalue weighted by Gasteiger charge is 2.16. The van der Waals surface area contributed by atoms with Gasteiger partial charge in [0.25, 0.3) is 0 Å². The molecule has 0 bridgehead atoms. The Hall–Kier alpha value is -3.66. The Morgan fingerprint density at radius 2 is 1.54 bits per heavy atom. The highest BCUT2D eigenvalue weighted by molar-refractivity contribution is 6.05. The van der Waals surface area contributed by atoms with E-state index < -0.39 is 0 Å². The van der Waals surface area contributed by atoms with Crippen molar-refractivity contribution >= 4 is 27.5 Å². The first-order valence-electron chi connectivity index (χ1n) is 8.54. The fourth-order valence-electron chi connectivity index (χ4n) is 3.26. The summed E-state index contributed by atoms with van der Waals surface area (Å²) in [5.41, 5.74) is 7.31. The van der Waals surface area contributed by atoms with Crippen molar-refractivity contribution in [3.05, 3.63) is 91.1 Å². The van der Waals surface area contributed by atoms with E-state index in [0.29, 0.717) is 0 Å². The molecule has 1 N–H and O–H groups in total. The van der Waals surface area contributed by atoms with E-state index in [9.17, 15) is 0 Å². The molecule has 0 aliphatic heterocycles. The van der Waals surface area contributed by atoms with Gasteiger partial charge in [-0.3, -0.25) is 10.4 Å². The molecule has 0 fully saturated rings. The van der Waals surface area contributed by atoms with Crippen LogP contribution in [0.1, 0.15) is 0 Å². The van der Waals surface area contributed by atoms with Crippen molar-refractivity contribution in [3.8, 4) is 11.5 Å². The molecule has 26 heavy (non-hydrogen) atoms. The van der Waals surface area contributed by atoms with E-state index in [1.165, 1.54) is 5.39 Å². The average molecular weight is 336 g/mol. The van der Waals surface area contributed by atoms with Gasteiger partial charge in [0, 0.05) is 11.6 Å². The smallest absolute Gasteiger partial charge is 0.178 e. The first-order valence-corrected chi connectivity index (χ1v) is 8.54. The molecule has 0 spiro atoms. The van der Waals surface area contributed by atoms with Gasteiger partial charge >= 0.3 is 0 Å². The van der Waals surface area contributed by atoms with Crippen LogP contribution in [-0.2, 0) is 0 Å². The number of nitrogens with one attached hydrogen (secondary N) is 1. The standard InChI is InChI=1S/C22H16N4/c1-2-9-17(10-3-1)25-26-21-18-11-5-4-8-16(18)13-14-19(21)24-22(26)20-12-6-7-15-23-20/h1-15,25H. The van der Waals surface area contributed by atoms with Crippen LogP contribution in [0.25, 0.3) is 33.3 Å². The van der Waals surface area contributed by atoms with Crippen LogP contribution < -0.4 is 5.43 Å². The molecule has 0 amide bonds. The molecule has 2 aromatic heterocycles. The Morgan fingerprint density at radius 3 is 2.38 bits per heavy atom. The van der Waals surface area contributed by atoms with E-state index in [4.69, 9.17) is 4.98 Å². The Balaban J connectivity index is 1.83. The topological polar surface area (TPSA) is 42.7 Å². The predicted molar refractivity (Wildman–Crippen MR) is 106 cm³/mol. The molecule has 4 nitrogen and oxygen atoms in total. The summed E-state index contributed by atoms with van der Waals surface area (Å²) in [4.78, 5) is 9.37. The summed E-state index contributed by atoms with van der Waals surface area (Å²) in [6.07, 6.45) is 1.79. The number of aromatic nitrogens is 3. The summed E-state index contributed by atoms with van der Waals surface area (Å²) in [6, 6.07) is 28.5. The molecule has 124 valence electrons. The Morgan fingerprint density at radius 1 is 0.731 bits per heavy atom. The number of fused-ring (bicyclic) bond motifs is 3. The first-order chi connectivity index (χ1) is 12.9. The third-order valence-corrected chi connectivity index (χ3v) is 4.45. The van der Waals surface area contributed by atoms with E-state index in [1.54, 1.807) is 6.20 Å². The Kier molecular flexibility index (Phi) is 3.39. The number of para-hydroxylation sites is 1. The lowest BCUT2D eigenvalue weighted by molar-refractivity contribution is 0.992. The second-order valence-electron chi connectivity index (χ2n) is 6.12. The number of hydrogen-bond donors (Lipinski definition) is 1. The summed E-state index contributed by atoms with van der Waals surface area (Å²) < 4.78 is 2.04. The molecule has 0 unspecified atom stereocenters. The van der Waals surface area contributed by atoms with Crippen LogP contribution in [0.4, 0.5) is 5.69 Å². The molecule has 4 heteroatoms. The number of benzene rings is 3. The lowest BCUT2D eigenvalue weighted by Crippen LogP contribution is -2.11. The van der Waals surface area contributed by atoms with Crippen LogP contribution in [0.15, 0.2) is 91.1 Å². The molecular formula is C22H16N4. The molecule has 5 rings (SSSR count). The summed E-state index contributed by atoms with van der Waals surface area (Å²) in [7, 11) is 0. The number of imidazole rings is 1. The molecular weight excluding hydrogens is 320 g/mol. The number of rotatable bonds is 3. The van der Waals surface area contributed by atoms with Crippen LogP contribution in [0, 0.1) is 0 Å². The van der Waals surface area contributed by atoms with Gasteiger partial charge in [0.15, 0.2) is 5.82 Å². The number of pyridine rings is 1. The van der Waals surface area contributed by atoms with Crippen molar-refractivity contribution in [2.75, 3.05) is 5.43 Å². The molecule has 0 aliphatic carbocycles. The molecule has 0 saturated heterocycles. The monoisotopic (exact) mass is 336 g/mol. The molecule has 0 aliphatic rings. The second kappa shape index (κ2) is 6.01. The van der Waals surface area contributed by atoms with Crippen LogP contribution in [-0.4, -0.2) is 14.6 Å². The van der Waals surface area contributed by atoms with Gasteiger partial charge in [-0.2, -0.15) is 0 Å². The minimum atomic E-state index is 0.792. The number of anilines is 1. The van der Waals surface area contributed by atoms with Gasteiger partial charge in [-0.15, -0.1) is 0 Å². The summed E-state index contributed by atoms with van der Waals surface area (Å²) in [6.45, 7) is 0. The van der Waals surface area contributed by atoms with Crippen LogP contribution >= 0.6 is 0 Å². The predicted octanol–water partition coefficient (Wildman–Crippen LogP) is 5.13. The van der Waals surface area contributed by atoms with Crippen LogP contribution in [0.3, 0.4) is 0 Å². The fourth-order valence-corrected chi connectivity index (χ4v) is 3.26. The lowest BCUT2D eigenvalue weighted by Gasteiger charge is -2.13. The van der Waals surface area contributed by atoms with Crippen molar-refractivity contribution in [2.45, 2.75) is 0 Å². The minimum absolute atomic E-state index is 0.792. The van der Waals surface area contributed by atoms with Crippen molar-refractivity contribution in [1.29, 1.82) is 0 Å². The maximum atomic E-state index is 4.87. The van der Waals surface area contributed by atoms with E-state index in [-0.39, 0.29) is 0 Å². The Labute approximate surface area is 150 Å². The highest BCUT2D eigenvalue weighted by Crippen LogP contribution is 2.29. The highest BCUT2D eigenvalue weighted by atomic mass is 15.4. The van der Waals surface area contributed by atoms with Gasteiger partial charge in [0.1, 0.15) is 5.69 Å². The van der Waals surface area contributed by atoms with Crippen molar-refractivity contribution in [3.63, 3.8) is 0 Å². The maximum absolute atomic E-state index is 4.87. The maximum Gasteiger partial charge on any atom is 0.178 e. The SMILES string of the molecule is c1ccc(Nn2c(-c3ccccn3)nc3ccc4ccccc4c32)cc1. The van der Waals surface area contributed by atoms with Gasteiger partial charge < -0.3 is 0 Å². The second-order valence-corrected chi connectivity index (χ2v) is 6.12. The molecule has 3 aromatic carbocycles. The van der Waals surface area contributed by atoms with Gasteiger partial charge in [-0.25, -0.2) is 9.66 Å². The van der Waals surface area contributed by atoms with E-state index >= 15 is 0 Å². The van der Waals surface area contributed by atoms with Gasteiger partial charge in [0.2, 0.25) is 0 Å². The van der Waals surface area contributed by atoms with Crippen molar-refractivity contribution < 1.29 is 0 Å². The van der Waals surface area contributed by atoms with Gasteiger partial charge in [-0.1, -0.05) is 54.6 Å². The lowest BCUT2D eigenvalue weighted by atomic mass is 10.1. The molecule has 0 saturated carbocycles. The third kappa shape index (κ3) is 2.40. The zero-order valence-corrected chi connectivity index (χ0v) is 14.0. The normalized spacial score (nSPS) is 11.1. The molecule has 2 heterocycles. The zero-order chi connectivity index (χ0) is 17.3. The minimum Gasteiger partial charge on any atom is -0.292 e. The summed E-state index contributed by atoms with van der Waals surface area (Å²) in [5, 5.41) is 2.34. The third-order valence-electron chi connectivity index (χ3n) is 4.45. The van der Waals surface area contributed by atoms with Crippen LogP contribution in [0.5, 0.6) is 0 Å². The first kappa shape index (κ1) is 14.7. The summed E-state index contributed by atoms with van der Waals surface area (Å²) in [5.74, 6) is 0.792. The average Bonchev–Trinajstić information content (AvgIpc) is 3.08. The fraction of sp³-hybridized carbons (Fsp3) is 0. The number of nitrogens with zero attached hydrogens (tertiary/aromatic N) is 3. The van der Waals surface area contributed by atoms with E-state index in [0.717, 1.165) is 33.6 Å². The Bertz CT molecular complexity index is 1190. The molecule has 5 aromatic rings.